The molecule has 0 saturated heterocycles. The van der Waals surface area contributed by atoms with E-state index in [0.717, 1.165) is 30.3 Å². The van der Waals surface area contributed by atoms with E-state index in [9.17, 15) is 0 Å². The molecule has 0 spiro atoms. The van der Waals surface area contributed by atoms with Gasteiger partial charge in [0.1, 0.15) is 5.82 Å². The molecule has 0 bridgehead atoms. The number of aromatic nitrogens is 3. The average Bonchev–Trinajstić information content (AvgIpc) is 3.03. The lowest BCUT2D eigenvalue weighted by Crippen LogP contribution is -2.11. The van der Waals surface area contributed by atoms with E-state index in [2.05, 4.69) is 32.6 Å². The Balaban J connectivity index is 1.65. The quantitative estimate of drug-likeness (QED) is 0.918. The van der Waals surface area contributed by atoms with Gasteiger partial charge in [-0.05, 0) is 24.5 Å². The summed E-state index contributed by atoms with van der Waals surface area (Å²) in [6, 6.07) is 4.20. The van der Waals surface area contributed by atoms with Crippen molar-refractivity contribution in [2.24, 2.45) is 0 Å². The van der Waals surface area contributed by atoms with Gasteiger partial charge in [0.05, 0.1) is 0 Å². The SMILES string of the molecule is CCc1nsc(NCC2CCc3cccnc32)n1. The molecule has 0 amide bonds. The van der Waals surface area contributed by atoms with E-state index in [0.29, 0.717) is 5.92 Å². The van der Waals surface area contributed by atoms with Crippen molar-refractivity contribution in [1.29, 1.82) is 0 Å². The van der Waals surface area contributed by atoms with E-state index < -0.39 is 0 Å². The van der Waals surface area contributed by atoms with Gasteiger partial charge >= 0.3 is 0 Å². The minimum Gasteiger partial charge on any atom is -0.360 e. The van der Waals surface area contributed by atoms with E-state index in [4.69, 9.17) is 0 Å². The summed E-state index contributed by atoms with van der Waals surface area (Å²) in [5.74, 6) is 1.43. The minimum atomic E-state index is 0.509. The summed E-state index contributed by atoms with van der Waals surface area (Å²) in [5.41, 5.74) is 2.65. The van der Waals surface area contributed by atoms with E-state index in [1.807, 2.05) is 12.3 Å². The van der Waals surface area contributed by atoms with Gasteiger partial charge in [-0.15, -0.1) is 0 Å². The summed E-state index contributed by atoms with van der Waals surface area (Å²) < 4.78 is 4.28. The second-order valence-electron chi connectivity index (χ2n) is 4.53. The van der Waals surface area contributed by atoms with Gasteiger partial charge in [-0.25, -0.2) is 4.98 Å². The monoisotopic (exact) mass is 260 g/mol. The van der Waals surface area contributed by atoms with Crippen LogP contribution in [-0.4, -0.2) is 20.9 Å². The van der Waals surface area contributed by atoms with Crippen LogP contribution in [0.1, 0.15) is 36.3 Å². The van der Waals surface area contributed by atoms with Crippen LogP contribution in [0.4, 0.5) is 5.13 Å². The Bertz CT molecular complexity index is 537. The van der Waals surface area contributed by atoms with Crippen molar-refractivity contribution in [1.82, 2.24) is 14.3 Å². The highest BCUT2D eigenvalue weighted by Crippen LogP contribution is 2.31. The molecule has 1 N–H and O–H groups in total. The van der Waals surface area contributed by atoms with Crippen LogP contribution in [0.2, 0.25) is 0 Å². The average molecular weight is 260 g/mol. The van der Waals surface area contributed by atoms with Crippen molar-refractivity contribution in [3.63, 3.8) is 0 Å². The third kappa shape index (κ3) is 2.22. The van der Waals surface area contributed by atoms with Crippen molar-refractivity contribution >= 4 is 16.7 Å². The van der Waals surface area contributed by atoms with E-state index >= 15 is 0 Å². The van der Waals surface area contributed by atoms with Crippen molar-refractivity contribution in [3.8, 4) is 0 Å². The lowest BCUT2D eigenvalue weighted by molar-refractivity contribution is 0.694. The Kier molecular flexibility index (Phi) is 3.23. The lowest BCUT2D eigenvalue weighted by Gasteiger charge is -2.10. The fourth-order valence-electron chi connectivity index (χ4n) is 2.37. The summed E-state index contributed by atoms with van der Waals surface area (Å²) in [5, 5.41) is 4.31. The fraction of sp³-hybridized carbons (Fsp3) is 0.462. The normalized spacial score (nSPS) is 17.7. The molecule has 18 heavy (non-hydrogen) atoms. The largest absolute Gasteiger partial charge is 0.360 e. The Morgan fingerprint density at radius 2 is 2.44 bits per heavy atom. The van der Waals surface area contributed by atoms with Gasteiger partial charge < -0.3 is 5.32 Å². The van der Waals surface area contributed by atoms with Crippen molar-refractivity contribution < 1.29 is 0 Å². The highest BCUT2D eigenvalue weighted by atomic mass is 32.1. The first-order valence-corrected chi connectivity index (χ1v) is 7.14. The van der Waals surface area contributed by atoms with Crippen LogP contribution in [0.3, 0.4) is 0 Å². The smallest absolute Gasteiger partial charge is 0.202 e. The highest BCUT2D eigenvalue weighted by Gasteiger charge is 2.23. The molecule has 0 aliphatic heterocycles. The number of anilines is 1. The van der Waals surface area contributed by atoms with Crippen LogP contribution in [0, 0.1) is 0 Å². The summed E-state index contributed by atoms with van der Waals surface area (Å²) in [7, 11) is 0. The van der Waals surface area contributed by atoms with Gasteiger partial charge in [0.2, 0.25) is 5.13 Å². The number of fused-ring (bicyclic) bond motifs is 1. The van der Waals surface area contributed by atoms with Crippen LogP contribution in [-0.2, 0) is 12.8 Å². The van der Waals surface area contributed by atoms with E-state index in [1.54, 1.807) is 0 Å². The molecule has 3 rings (SSSR count). The summed E-state index contributed by atoms with van der Waals surface area (Å²) in [6.07, 6.45) is 5.11. The molecule has 0 aromatic carbocycles. The van der Waals surface area contributed by atoms with Crippen molar-refractivity contribution in [3.05, 3.63) is 35.4 Å². The number of aryl methyl sites for hydroxylation is 2. The van der Waals surface area contributed by atoms with Gasteiger partial charge in [-0.3, -0.25) is 4.98 Å². The maximum absolute atomic E-state index is 4.50. The lowest BCUT2D eigenvalue weighted by atomic mass is 10.1. The molecular formula is C13H16N4S. The number of rotatable bonds is 4. The zero-order chi connectivity index (χ0) is 12.4. The number of hydrogen-bond acceptors (Lipinski definition) is 5. The van der Waals surface area contributed by atoms with Crippen molar-refractivity contribution in [2.45, 2.75) is 32.1 Å². The predicted octanol–water partition coefficient (Wildman–Crippen LogP) is 2.64. The van der Waals surface area contributed by atoms with E-state index in [1.165, 1.54) is 29.2 Å². The molecule has 1 unspecified atom stereocenters. The fourth-order valence-corrected chi connectivity index (χ4v) is 3.03. The molecule has 1 aliphatic carbocycles. The molecule has 1 aliphatic rings. The minimum absolute atomic E-state index is 0.509. The molecule has 2 aromatic heterocycles. The molecule has 94 valence electrons. The maximum Gasteiger partial charge on any atom is 0.202 e. The molecule has 0 saturated carbocycles. The summed E-state index contributed by atoms with van der Waals surface area (Å²) >= 11 is 1.45. The zero-order valence-electron chi connectivity index (χ0n) is 10.4. The van der Waals surface area contributed by atoms with Crippen molar-refractivity contribution in [2.75, 3.05) is 11.9 Å². The third-order valence-corrected chi connectivity index (χ3v) is 4.07. The van der Waals surface area contributed by atoms with Crippen LogP contribution in [0.5, 0.6) is 0 Å². The maximum atomic E-state index is 4.50. The molecular weight excluding hydrogens is 244 g/mol. The topological polar surface area (TPSA) is 50.7 Å². The number of nitrogens with one attached hydrogen (secondary N) is 1. The Morgan fingerprint density at radius 3 is 3.28 bits per heavy atom. The number of pyridine rings is 1. The van der Waals surface area contributed by atoms with Crippen LogP contribution >= 0.6 is 11.5 Å². The standard InChI is InChI=1S/C13H16N4S/c1-2-11-16-13(18-17-11)15-8-10-6-5-9-4-3-7-14-12(9)10/h3-4,7,10H,2,5-6,8H2,1H3,(H,15,16,17). The summed E-state index contributed by atoms with van der Waals surface area (Å²) in [4.78, 5) is 8.92. The predicted molar refractivity (Wildman–Crippen MR) is 73.1 cm³/mol. The Hall–Kier alpha value is -1.49. The first kappa shape index (κ1) is 11.6. The first-order valence-electron chi connectivity index (χ1n) is 6.37. The van der Waals surface area contributed by atoms with Crippen LogP contribution in [0.25, 0.3) is 0 Å². The molecule has 4 nitrogen and oxygen atoms in total. The van der Waals surface area contributed by atoms with Gasteiger partial charge in [0.25, 0.3) is 0 Å². The Labute approximate surface area is 111 Å². The van der Waals surface area contributed by atoms with Crippen LogP contribution in [0.15, 0.2) is 18.3 Å². The van der Waals surface area contributed by atoms with E-state index in [-0.39, 0.29) is 0 Å². The molecule has 0 fully saturated rings. The second kappa shape index (κ2) is 5.02. The summed E-state index contributed by atoms with van der Waals surface area (Å²) in [6.45, 7) is 2.98. The molecule has 0 radical (unpaired) electrons. The molecule has 2 aromatic rings. The third-order valence-electron chi connectivity index (χ3n) is 3.36. The van der Waals surface area contributed by atoms with Gasteiger partial charge in [-0.1, -0.05) is 13.0 Å². The zero-order valence-corrected chi connectivity index (χ0v) is 11.2. The van der Waals surface area contributed by atoms with Crippen LogP contribution < -0.4 is 5.32 Å². The second-order valence-corrected chi connectivity index (χ2v) is 5.29. The van der Waals surface area contributed by atoms with Gasteiger partial charge in [0, 0.05) is 42.3 Å². The molecule has 5 heteroatoms. The molecule has 1 atom stereocenters. The first-order chi connectivity index (χ1) is 8.86. The number of nitrogens with zero attached hydrogens (tertiary/aromatic N) is 3. The van der Waals surface area contributed by atoms with Gasteiger partial charge in [0.15, 0.2) is 0 Å². The van der Waals surface area contributed by atoms with Gasteiger partial charge in [-0.2, -0.15) is 4.37 Å². The highest BCUT2D eigenvalue weighted by molar-refractivity contribution is 7.09. The molecule has 2 heterocycles. The number of hydrogen-bond donors (Lipinski definition) is 1. The Morgan fingerprint density at radius 1 is 1.50 bits per heavy atom.